The van der Waals surface area contributed by atoms with Gasteiger partial charge in [-0.25, -0.2) is 14.5 Å². The zero-order valence-electron chi connectivity index (χ0n) is 17.3. The van der Waals surface area contributed by atoms with E-state index in [0.717, 1.165) is 5.69 Å². The third-order valence-electron chi connectivity index (χ3n) is 4.58. The Hall–Kier alpha value is -3.22. The summed E-state index contributed by atoms with van der Waals surface area (Å²) in [5.74, 6) is -0.838. The number of hydrogen-bond donors (Lipinski definition) is 1. The fourth-order valence-corrected chi connectivity index (χ4v) is 2.92. The van der Waals surface area contributed by atoms with E-state index in [4.69, 9.17) is 4.74 Å². The van der Waals surface area contributed by atoms with Gasteiger partial charge in [-0.15, -0.1) is 0 Å². The second-order valence-corrected chi connectivity index (χ2v) is 7.57. The number of pyridine rings is 1. The van der Waals surface area contributed by atoms with Crippen LogP contribution in [0.4, 0.5) is 5.69 Å². The number of esters is 1. The van der Waals surface area contributed by atoms with E-state index in [1.807, 2.05) is 45.9 Å². The summed E-state index contributed by atoms with van der Waals surface area (Å²) in [4.78, 5) is 30.0. The van der Waals surface area contributed by atoms with Gasteiger partial charge in [0.15, 0.2) is 11.8 Å². The lowest BCUT2D eigenvalue weighted by Gasteiger charge is -2.15. The van der Waals surface area contributed by atoms with Gasteiger partial charge in [0.2, 0.25) is 0 Å². The molecule has 2 aromatic heterocycles. The van der Waals surface area contributed by atoms with Crippen LogP contribution in [-0.4, -0.2) is 32.7 Å². The second-order valence-electron chi connectivity index (χ2n) is 7.57. The smallest absolute Gasteiger partial charge is 0.339 e. The van der Waals surface area contributed by atoms with Crippen molar-refractivity contribution in [1.82, 2.24) is 14.8 Å². The van der Waals surface area contributed by atoms with E-state index < -0.39 is 18.0 Å². The SMILES string of the molecule is CC(C)c1cc(C(=O)O[C@H](C)C(=O)Nc2ccccc2)c2cnn(C(C)C)c2n1. The van der Waals surface area contributed by atoms with Crippen LogP contribution in [0.15, 0.2) is 42.6 Å². The van der Waals surface area contributed by atoms with Crippen molar-refractivity contribution in [3.8, 4) is 0 Å². The molecule has 0 aliphatic carbocycles. The Morgan fingerprint density at radius 3 is 2.38 bits per heavy atom. The zero-order chi connectivity index (χ0) is 21.1. The van der Waals surface area contributed by atoms with E-state index in [1.54, 1.807) is 36.0 Å². The van der Waals surface area contributed by atoms with Gasteiger partial charge in [-0.05, 0) is 44.9 Å². The van der Waals surface area contributed by atoms with E-state index in [0.29, 0.717) is 22.3 Å². The van der Waals surface area contributed by atoms with Gasteiger partial charge < -0.3 is 10.1 Å². The highest BCUT2D eigenvalue weighted by Crippen LogP contribution is 2.25. The molecule has 2 heterocycles. The average Bonchev–Trinajstić information content (AvgIpc) is 3.12. The maximum Gasteiger partial charge on any atom is 0.339 e. The average molecular weight is 394 g/mol. The molecular weight excluding hydrogens is 368 g/mol. The minimum Gasteiger partial charge on any atom is -0.449 e. The molecule has 1 atom stereocenters. The fourth-order valence-electron chi connectivity index (χ4n) is 2.92. The molecule has 0 radical (unpaired) electrons. The first-order valence-corrected chi connectivity index (χ1v) is 9.73. The quantitative estimate of drug-likeness (QED) is 0.629. The van der Waals surface area contributed by atoms with Crippen molar-refractivity contribution < 1.29 is 14.3 Å². The third-order valence-corrected chi connectivity index (χ3v) is 4.58. The van der Waals surface area contributed by atoms with Crippen LogP contribution in [0.2, 0.25) is 0 Å². The Bertz CT molecular complexity index is 1030. The number of fused-ring (bicyclic) bond motifs is 1. The highest BCUT2D eigenvalue weighted by molar-refractivity contribution is 6.04. The summed E-state index contributed by atoms with van der Waals surface area (Å²) in [6.07, 6.45) is 0.672. The number of carbonyl (C=O) groups is 2. The van der Waals surface area contributed by atoms with E-state index in [9.17, 15) is 9.59 Å². The van der Waals surface area contributed by atoms with Gasteiger partial charge in [-0.2, -0.15) is 5.10 Å². The minimum atomic E-state index is -0.950. The van der Waals surface area contributed by atoms with E-state index in [-0.39, 0.29) is 12.0 Å². The molecule has 0 unspecified atom stereocenters. The van der Waals surface area contributed by atoms with Crippen molar-refractivity contribution in [2.24, 2.45) is 0 Å². The van der Waals surface area contributed by atoms with Gasteiger partial charge in [0.05, 0.1) is 17.1 Å². The predicted octanol–water partition coefficient (Wildman–Crippen LogP) is 4.32. The molecule has 0 saturated carbocycles. The normalized spacial score (nSPS) is 12.4. The van der Waals surface area contributed by atoms with Crippen LogP contribution in [0.25, 0.3) is 11.0 Å². The van der Waals surface area contributed by atoms with E-state index in [2.05, 4.69) is 15.4 Å². The van der Waals surface area contributed by atoms with Gasteiger partial charge >= 0.3 is 5.97 Å². The van der Waals surface area contributed by atoms with Crippen LogP contribution < -0.4 is 5.32 Å². The summed E-state index contributed by atoms with van der Waals surface area (Å²) in [5, 5.41) is 7.73. The van der Waals surface area contributed by atoms with Gasteiger partial charge in [0.25, 0.3) is 5.91 Å². The molecule has 29 heavy (non-hydrogen) atoms. The summed E-state index contributed by atoms with van der Waals surface area (Å²) >= 11 is 0. The Labute approximate surface area is 170 Å². The number of rotatable bonds is 6. The zero-order valence-corrected chi connectivity index (χ0v) is 17.3. The molecule has 3 aromatic rings. The molecule has 0 bridgehead atoms. The van der Waals surface area contributed by atoms with Crippen LogP contribution in [0, 0.1) is 0 Å². The van der Waals surface area contributed by atoms with Gasteiger partial charge in [-0.1, -0.05) is 32.0 Å². The van der Waals surface area contributed by atoms with Crippen molar-refractivity contribution in [2.45, 2.75) is 52.7 Å². The first-order chi connectivity index (χ1) is 13.8. The summed E-state index contributed by atoms with van der Waals surface area (Å²) in [7, 11) is 0. The molecule has 0 fully saturated rings. The molecule has 0 aliphatic heterocycles. The molecular formula is C22H26N4O3. The number of aromatic nitrogens is 3. The lowest BCUT2D eigenvalue weighted by Crippen LogP contribution is -2.30. The number of carbonyl (C=O) groups excluding carboxylic acids is 2. The fraction of sp³-hybridized carbons (Fsp3) is 0.364. The Balaban J connectivity index is 1.87. The summed E-state index contributed by atoms with van der Waals surface area (Å²) in [6.45, 7) is 9.58. The van der Waals surface area contributed by atoms with Crippen molar-refractivity contribution in [1.29, 1.82) is 0 Å². The number of anilines is 1. The first kappa shape index (κ1) is 20.5. The maximum atomic E-state index is 12.9. The summed E-state index contributed by atoms with van der Waals surface area (Å²) in [5.41, 5.74) is 2.42. The summed E-state index contributed by atoms with van der Waals surface area (Å²) in [6, 6.07) is 10.9. The van der Waals surface area contributed by atoms with Crippen molar-refractivity contribution in [3.05, 3.63) is 53.9 Å². The van der Waals surface area contributed by atoms with E-state index >= 15 is 0 Å². The molecule has 1 aromatic carbocycles. The topological polar surface area (TPSA) is 86.1 Å². The highest BCUT2D eigenvalue weighted by Gasteiger charge is 2.24. The van der Waals surface area contributed by atoms with Gasteiger partial charge in [0.1, 0.15) is 0 Å². The van der Waals surface area contributed by atoms with Gasteiger partial charge in [-0.3, -0.25) is 4.79 Å². The maximum absolute atomic E-state index is 12.9. The first-order valence-electron chi connectivity index (χ1n) is 9.73. The van der Waals surface area contributed by atoms with E-state index in [1.165, 1.54) is 0 Å². The van der Waals surface area contributed by atoms with Gasteiger partial charge in [0, 0.05) is 17.4 Å². The number of nitrogens with zero attached hydrogens (tertiary/aromatic N) is 3. The molecule has 3 rings (SSSR count). The van der Waals surface area contributed by atoms with Crippen LogP contribution in [0.1, 0.15) is 62.6 Å². The molecule has 1 N–H and O–H groups in total. The minimum absolute atomic E-state index is 0.0989. The monoisotopic (exact) mass is 394 g/mol. The molecule has 7 heteroatoms. The molecule has 1 amide bonds. The second kappa shape index (κ2) is 8.43. The number of benzene rings is 1. The molecule has 0 saturated heterocycles. The summed E-state index contributed by atoms with van der Waals surface area (Å²) < 4.78 is 7.25. The number of ether oxygens (including phenoxy) is 1. The highest BCUT2D eigenvalue weighted by atomic mass is 16.5. The molecule has 0 aliphatic rings. The van der Waals surface area contributed by atoms with Crippen LogP contribution >= 0.6 is 0 Å². The standard InChI is InChI=1S/C22H26N4O3/c1-13(2)19-11-17(18-12-23-26(14(3)4)20(18)25-19)22(28)29-15(5)21(27)24-16-9-7-6-8-10-16/h6-15H,1-5H3,(H,24,27)/t15-/m1/s1. The number of hydrogen-bond acceptors (Lipinski definition) is 5. The Kier molecular flexibility index (Phi) is 5.96. The predicted molar refractivity (Wildman–Crippen MR) is 112 cm³/mol. The van der Waals surface area contributed by atoms with Crippen molar-refractivity contribution in [3.63, 3.8) is 0 Å². The van der Waals surface area contributed by atoms with Crippen LogP contribution in [0.5, 0.6) is 0 Å². The lowest BCUT2D eigenvalue weighted by atomic mass is 10.1. The third kappa shape index (κ3) is 4.45. The number of amides is 1. The van der Waals surface area contributed by atoms with Crippen molar-refractivity contribution >= 4 is 28.6 Å². The Morgan fingerprint density at radius 2 is 1.76 bits per heavy atom. The number of nitrogens with one attached hydrogen (secondary N) is 1. The van der Waals surface area contributed by atoms with Crippen LogP contribution in [-0.2, 0) is 9.53 Å². The molecule has 7 nitrogen and oxygen atoms in total. The molecule has 0 spiro atoms. The van der Waals surface area contributed by atoms with Crippen molar-refractivity contribution in [2.75, 3.05) is 5.32 Å². The molecule has 152 valence electrons. The Morgan fingerprint density at radius 1 is 1.07 bits per heavy atom. The van der Waals surface area contributed by atoms with Crippen LogP contribution in [0.3, 0.4) is 0 Å². The lowest BCUT2D eigenvalue weighted by molar-refractivity contribution is -0.123. The largest absolute Gasteiger partial charge is 0.449 e. The number of para-hydroxylation sites is 1.